The summed E-state index contributed by atoms with van der Waals surface area (Å²) in [5, 5.41) is 11.7. The maximum Gasteiger partial charge on any atom is 0.314 e. The van der Waals surface area contributed by atoms with Gasteiger partial charge in [0, 0.05) is 10.9 Å². The van der Waals surface area contributed by atoms with Crippen molar-refractivity contribution in [3.8, 4) is 11.3 Å². The molecule has 0 unspecified atom stereocenters. The lowest BCUT2D eigenvalue weighted by molar-refractivity contribution is -0.140. The molecule has 3 N–H and O–H groups in total. The van der Waals surface area contributed by atoms with Crippen molar-refractivity contribution < 1.29 is 9.90 Å². The third-order valence-corrected chi connectivity index (χ3v) is 4.09. The summed E-state index contributed by atoms with van der Waals surface area (Å²) in [6, 6.07) is 7.58. The van der Waals surface area contributed by atoms with E-state index in [1.807, 2.05) is 29.6 Å². The zero-order valence-corrected chi connectivity index (χ0v) is 10.4. The highest BCUT2D eigenvalue weighted by Crippen LogP contribution is 2.48. The molecule has 1 aromatic heterocycles. The van der Waals surface area contributed by atoms with Gasteiger partial charge in [-0.05, 0) is 18.4 Å². The molecular formula is C13H12N2O2S. The van der Waals surface area contributed by atoms with E-state index >= 15 is 0 Å². The highest BCUT2D eigenvalue weighted by molar-refractivity contribution is 7.13. The fourth-order valence-electron chi connectivity index (χ4n) is 2.13. The number of benzene rings is 1. The molecule has 0 spiro atoms. The average Bonchev–Trinajstić information content (AvgIpc) is 3.07. The zero-order valence-electron chi connectivity index (χ0n) is 9.59. The minimum atomic E-state index is -0.729. The summed E-state index contributed by atoms with van der Waals surface area (Å²) >= 11 is 1.40. The average molecular weight is 260 g/mol. The molecule has 3 rings (SSSR count). The number of carbonyl (C=O) groups is 1. The second-order valence-electron chi connectivity index (χ2n) is 4.54. The molecule has 0 bridgehead atoms. The SMILES string of the molecule is Nc1nc(-c2ccc(C3(C(=O)O)CC3)cc2)cs1. The van der Waals surface area contributed by atoms with E-state index in [0.717, 1.165) is 29.7 Å². The first-order chi connectivity index (χ1) is 8.62. The second kappa shape index (κ2) is 3.81. The molecule has 5 heteroatoms. The number of hydrogen-bond acceptors (Lipinski definition) is 4. The molecule has 0 aliphatic heterocycles. The van der Waals surface area contributed by atoms with Crippen LogP contribution in [0.2, 0.25) is 0 Å². The van der Waals surface area contributed by atoms with Crippen molar-refractivity contribution in [1.82, 2.24) is 4.98 Å². The molecule has 0 radical (unpaired) electrons. The number of nitrogens with two attached hydrogens (primary N) is 1. The standard InChI is InChI=1S/C13H12N2O2S/c14-12-15-10(7-18-12)8-1-3-9(4-2-8)13(5-6-13)11(16)17/h1-4,7H,5-6H2,(H2,14,15)(H,16,17). The Balaban J connectivity index is 1.92. The number of nitrogen functional groups attached to an aromatic ring is 1. The van der Waals surface area contributed by atoms with Gasteiger partial charge in [0.15, 0.2) is 5.13 Å². The maximum atomic E-state index is 11.2. The molecule has 0 saturated heterocycles. The largest absolute Gasteiger partial charge is 0.481 e. The van der Waals surface area contributed by atoms with E-state index in [-0.39, 0.29) is 0 Å². The molecule has 1 aromatic carbocycles. The first kappa shape index (κ1) is 11.2. The van der Waals surface area contributed by atoms with Crippen molar-refractivity contribution in [1.29, 1.82) is 0 Å². The number of hydrogen-bond donors (Lipinski definition) is 2. The predicted molar refractivity (Wildman–Crippen MR) is 70.5 cm³/mol. The van der Waals surface area contributed by atoms with Gasteiger partial charge in [0.2, 0.25) is 0 Å². The van der Waals surface area contributed by atoms with Crippen molar-refractivity contribution >= 4 is 22.4 Å². The number of carboxylic acid groups (broad SMARTS) is 1. The summed E-state index contributed by atoms with van der Waals surface area (Å²) in [5.41, 5.74) is 7.63. The molecule has 1 fully saturated rings. The predicted octanol–water partition coefficient (Wildman–Crippen LogP) is 2.51. The molecule has 4 nitrogen and oxygen atoms in total. The van der Waals surface area contributed by atoms with Crippen LogP contribution in [0.15, 0.2) is 29.6 Å². The van der Waals surface area contributed by atoms with Crippen LogP contribution in [0.4, 0.5) is 5.13 Å². The number of carboxylic acids is 1. The normalized spacial score (nSPS) is 16.4. The number of aliphatic carboxylic acids is 1. The van der Waals surface area contributed by atoms with Gasteiger partial charge in [-0.3, -0.25) is 4.79 Å². The third kappa shape index (κ3) is 1.67. The minimum absolute atomic E-state index is 0.540. The lowest BCUT2D eigenvalue weighted by atomic mass is 9.95. The van der Waals surface area contributed by atoms with E-state index < -0.39 is 11.4 Å². The van der Waals surface area contributed by atoms with Crippen LogP contribution in [0.5, 0.6) is 0 Å². The van der Waals surface area contributed by atoms with Crippen molar-refractivity contribution in [3.05, 3.63) is 35.2 Å². The maximum absolute atomic E-state index is 11.2. The fourth-order valence-corrected chi connectivity index (χ4v) is 2.70. The van der Waals surface area contributed by atoms with Crippen LogP contribution in [-0.2, 0) is 10.2 Å². The number of rotatable bonds is 3. The topological polar surface area (TPSA) is 76.2 Å². The molecule has 1 heterocycles. The Morgan fingerprint density at radius 1 is 1.33 bits per heavy atom. The van der Waals surface area contributed by atoms with Gasteiger partial charge >= 0.3 is 5.97 Å². The van der Waals surface area contributed by atoms with Gasteiger partial charge in [-0.25, -0.2) is 4.98 Å². The summed E-state index contributed by atoms with van der Waals surface area (Å²) < 4.78 is 0. The summed E-state index contributed by atoms with van der Waals surface area (Å²) in [7, 11) is 0. The minimum Gasteiger partial charge on any atom is -0.481 e. The van der Waals surface area contributed by atoms with Crippen LogP contribution in [0.25, 0.3) is 11.3 Å². The quantitative estimate of drug-likeness (QED) is 0.889. The molecule has 2 aromatic rings. The molecule has 0 amide bonds. The number of anilines is 1. The molecule has 1 saturated carbocycles. The van der Waals surface area contributed by atoms with Crippen LogP contribution in [0.3, 0.4) is 0 Å². The Labute approximate surface area is 108 Å². The Hall–Kier alpha value is -1.88. The van der Waals surface area contributed by atoms with Crippen molar-refractivity contribution in [2.45, 2.75) is 18.3 Å². The Bertz CT molecular complexity index is 600. The van der Waals surface area contributed by atoms with Crippen LogP contribution in [0, 0.1) is 0 Å². The third-order valence-electron chi connectivity index (χ3n) is 3.41. The lowest BCUT2D eigenvalue weighted by Gasteiger charge is -2.10. The number of aromatic nitrogens is 1. The van der Waals surface area contributed by atoms with E-state index in [2.05, 4.69) is 4.98 Å². The Morgan fingerprint density at radius 3 is 2.44 bits per heavy atom. The van der Waals surface area contributed by atoms with E-state index in [4.69, 9.17) is 5.73 Å². The number of nitrogens with zero attached hydrogens (tertiary/aromatic N) is 1. The summed E-state index contributed by atoms with van der Waals surface area (Å²) in [5.74, 6) is -0.729. The highest BCUT2D eigenvalue weighted by atomic mass is 32.1. The fraction of sp³-hybridized carbons (Fsp3) is 0.231. The Morgan fingerprint density at radius 2 is 2.00 bits per heavy atom. The number of thiazole rings is 1. The van der Waals surface area contributed by atoms with Crippen LogP contribution in [-0.4, -0.2) is 16.1 Å². The van der Waals surface area contributed by atoms with Gasteiger partial charge in [-0.2, -0.15) is 0 Å². The Kier molecular flexibility index (Phi) is 2.38. The van der Waals surface area contributed by atoms with Crippen molar-refractivity contribution in [2.75, 3.05) is 5.73 Å². The van der Waals surface area contributed by atoms with Gasteiger partial charge in [0.25, 0.3) is 0 Å². The van der Waals surface area contributed by atoms with Crippen molar-refractivity contribution in [3.63, 3.8) is 0 Å². The zero-order chi connectivity index (χ0) is 12.8. The second-order valence-corrected chi connectivity index (χ2v) is 5.43. The van der Waals surface area contributed by atoms with Crippen LogP contribution < -0.4 is 5.73 Å². The van der Waals surface area contributed by atoms with Gasteiger partial charge in [-0.15, -0.1) is 11.3 Å². The molecule has 0 atom stereocenters. The monoisotopic (exact) mass is 260 g/mol. The molecule has 18 heavy (non-hydrogen) atoms. The first-order valence-electron chi connectivity index (χ1n) is 5.67. The summed E-state index contributed by atoms with van der Waals surface area (Å²) in [6.07, 6.45) is 1.46. The van der Waals surface area contributed by atoms with Gasteiger partial charge in [-0.1, -0.05) is 24.3 Å². The molecule has 92 valence electrons. The van der Waals surface area contributed by atoms with E-state index in [1.165, 1.54) is 11.3 Å². The van der Waals surface area contributed by atoms with E-state index in [1.54, 1.807) is 0 Å². The molecule has 1 aliphatic carbocycles. The molecule has 1 aliphatic rings. The van der Waals surface area contributed by atoms with Gasteiger partial charge in [0.05, 0.1) is 11.1 Å². The first-order valence-corrected chi connectivity index (χ1v) is 6.55. The summed E-state index contributed by atoms with van der Waals surface area (Å²) in [6.45, 7) is 0. The van der Waals surface area contributed by atoms with Gasteiger partial charge in [0.1, 0.15) is 0 Å². The van der Waals surface area contributed by atoms with E-state index in [9.17, 15) is 9.90 Å². The van der Waals surface area contributed by atoms with Crippen molar-refractivity contribution in [2.24, 2.45) is 0 Å². The lowest BCUT2D eigenvalue weighted by Crippen LogP contribution is -2.19. The molecular weight excluding hydrogens is 248 g/mol. The van der Waals surface area contributed by atoms with Crippen LogP contribution in [0.1, 0.15) is 18.4 Å². The van der Waals surface area contributed by atoms with E-state index in [0.29, 0.717) is 5.13 Å². The summed E-state index contributed by atoms with van der Waals surface area (Å²) in [4.78, 5) is 15.4. The van der Waals surface area contributed by atoms with Crippen LogP contribution >= 0.6 is 11.3 Å². The smallest absolute Gasteiger partial charge is 0.314 e. The van der Waals surface area contributed by atoms with Gasteiger partial charge < -0.3 is 10.8 Å². The highest BCUT2D eigenvalue weighted by Gasteiger charge is 2.51.